The van der Waals surface area contributed by atoms with E-state index < -0.39 is 0 Å². The summed E-state index contributed by atoms with van der Waals surface area (Å²) in [6.07, 6.45) is 8.32. The highest BCUT2D eigenvalue weighted by molar-refractivity contribution is 5.55. The molecule has 1 saturated heterocycles. The zero-order valence-electron chi connectivity index (χ0n) is 15.3. The second-order valence-electron chi connectivity index (χ2n) is 7.57. The molecule has 0 amide bonds. The van der Waals surface area contributed by atoms with E-state index in [1.807, 2.05) is 28.3 Å². The molecule has 0 spiro atoms. The van der Waals surface area contributed by atoms with Crippen LogP contribution >= 0.6 is 0 Å². The zero-order chi connectivity index (χ0) is 18.4. The third-order valence-electron chi connectivity index (χ3n) is 5.63. The average Bonchev–Trinajstić information content (AvgIpc) is 3.13. The van der Waals surface area contributed by atoms with Crippen LogP contribution in [0.4, 0.5) is 0 Å². The summed E-state index contributed by atoms with van der Waals surface area (Å²) in [7, 11) is 0. The van der Waals surface area contributed by atoms with E-state index in [2.05, 4.69) is 26.3 Å². The molecule has 138 valence electrons. The molecule has 2 bridgehead atoms. The fraction of sp³-hybridized carbons (Fsp3) is 0.400. The first-order valence-corrected chi connectivity index (χ1v) is 9.42. The fourth-order valence-electron chi connectivity index (χ4n) is 4.32. The molecule has 2 aliphatic heterocycles. The van der Waals surface area contributed by atoms with E-state index in [1.54, 1.807) is 18.6 Å². The maximum Gasteiger partial charge on any atom is 0.261 e. The smallest absolute Gasteiger partial charge is 0.261 e. The molecule has 5 rings (SSSR count). The Morgan fingerprint density at radius 2 is 2.11 bits per heavy atom. The zero-order valence-corrected chi connectivity index (χ0v) is 15.3. The predicted molar refractivity (Wildman–Crippen MR) is 102 cm³/mol. The number of hydrogen-bond acceptors (Lipinski definition) is 5. The summed E-state index contributed by atoms with van der Waals surface area (Å²) in [6, 6.07) is 4.04. The quantitative estimate of drug-likeness (QED) is 0.765. The van der Waals surface area contributed by atoms with E-state index in [4.69, 9.17) is 0 Å². The first-order chi connectivity index (χ1) is 13.2. The molecule has 3 aromatic heterocycles. The van der Waals surface area contributed by atoms with E-state index in [0.717, 1.165) is 36.7 Å². The minimum atomic E-state index is 0.0616. The van der Waals surface area contributed by atoms with Crippen LogP contribution in [0.5, 0.6) is 0 Å². The fourth-order valence-corrected chi connectivity index (χ4v) is 4.32. The van der Waals surface area contributed by atoms with Gasteiger partial charge in [-0.1, -0.05) is 0 Å². The lowest BCUT2D eigenvalue weighted by atomic mass is 9.84. The average molecular weight is 362 g/mol. The highest BCUT2D eigenvalue weighted by Crippen LogP contribution is 2.32. The Morgan fingerprint density at radius 1 is 1.19 bits per heavy atom. The van der Waals surface area contributed by atoms with E-state index in [1.165, 1.54) is 6.42 Å². The van der Waals surface area contributed by atoms with Gasteiger partial charge in [0.25, 0.3) is 5.56 Å². The summed E-state index contributed by atoms with van der Waals surface area (Å²) < 4.78 is 3.94. The van der Waals surface area contributed by atoms with Gasteiger partial charge in [0.2, 0.25) is 0 Å². The van der Waals surface area contributed by atoms with Crippen LogP contribution in [-0.2, 0) is 13.1 Å². The van der Waals surface area contributed by atoms with E-state index in [-0.39, 0.29) is 5.56 Å². The van der Waals surface area contributed by atoms with Crippen LogP contribution in [0.3, 0.4) is 0 Å². The Labute approximate surface area is 157 Å². The van der Waals surface area contributed by atoms with Gasteiger partial charge in [0, 0.05) is 43.3 Å². The Kier molecular flexibility index (Phi) is 3.89. The minimum Gasteiger partial charge on any atom is -0.325 e. The maximum absolute atomic E-state index is 13.3. The SMILES string of the molecule is Cc1cnc(Cn2ccnc2-c2ccc3n(c2=O)C[C@@H]2CNC[C@H]3C2)cn1. The molecule has 5 heterocycles. The second-order valence-corrected chi connectivity index (χ2v) is 7.57. The number of fused-ring (bicyclic) bond motifs is 4. The number of aryl methyl sites for hydroxylation is 1. The lowest BCUT2D eigenvalue weighted by Crippen LogP contribution is -2.45. The molecule has 1 fully saturated rings. The number of aromatic nitrogens is 5. The highest BCUT2D eigenvalue weighted by atomic mass is 16.1. The molecule has 2 aliphatic rings. The van der Waals surface area contributed by atoms with Gasteiger partial charge in [0.05, 0.1) is 29.7 Å². The van der Waals surface area contributed by atoms with Crippen LogP contribution < -0.4 is 10.9 Å². The minimum absolute atomic E-state index is 0.0616. The van der Waals surface area contributed by atoms with Crippen molar-refractivity contribution in [1.82, 2.24) is 29.4 Å². The van der Waals surface area contributed by atoms with Crippen molar-refractivity contribution >= 4 is 0 Å². The van der Waals surface area contributed by atoms with Crippen LogP contribution in [0.15, 0.2) is 41.7 Å². The summed E-state index contributed by atoms with van der Waals surface area (Å²) in [6.45, 7) is 5.19. The Bertz CT molecular complexity index is 1040. The van der Waals surface area contributed by atoms with E-state index in [0.29, 0.717) is 29.8 Å². The summed E-state index contributed by atoms with van der Waals surface area (Å²) in [4.78, 5) is 26.4. The van der Waals surface area contributed by atoms with Gasteiger partial charge in [0.15, 0.2) is 0 Å². The van der Waals surface area contributed by atoms with Crippen molar-refractivity contribution in [3.8, 4) is 11.4 Å². The molecule has 7 heteroatoms. The van der Waals surface area contributed by atoms with Gasteiger partial charge in [0.1, 0.15) is 5.82 Å². The van der Waals surface area contributed by atoms with Gasteiger partial charge in [-0.15, -0.1) is 0 Å². The second kappa shape index (κ2) is 6.42. The van der Waals surface area contributed by atoms with E-state index in [9.17, 15) is 4.79 Å². The molecule has 0 aliphatic carbocycles. The molecular formula is C20H22N6O. The molecule has 3 aromatic rings. The molecule has 7 nitrogen and oxygen atoms in total. The summed E-state index contributed by atoms with van der Waals surface area (Å²) in [5, 5.41) is 3.48. The van der Waals surface area contributed by atoms with Crippen molar-refractivity contribution in [2.24, 2.45) is 5.92 Å². The number of pyridine rings is 1. The van der Waals surface area contributed by atoms with Crippen molar-refractivity contribution in [3.63, 3.8) is 0 Å². The Hall–Kier alpha value is -2.80. The maximum atomic E-state index is 13.3. The summed E-state index contributed by atoms with van der Waals surface area (Å²) in [5.74, 6) is 1.65. The van der Waals surface area contributed by atoms with Gasteiger partial charge < -0.3 is 14.5 Å². The van der Waals surface area contributed by atoms with Gasteiger partial charge >= 0.3 is 0 Å². The lowest BCUT2D eigenvalue weighted by Gasteiger charge is -2.37. The van der Waals surface area contributed by atoms with Gasteiger partial charge in [-0.05, 0) is 37.9 Å². The molecular weight excluding hydrogens is 340 g/mol. The van der Waals surface area contributed by atoms with Crippen molar-refractivity contribution in [2.75, 3.05) is 13.1 Å². The van der Waals surface area contributed by atoms with Crippen molar-refractivity contribution in [3.05, 3.63) is 64.4 Å². The van der Waals surface area contributed by atoms with Crippen LogP contribution in [0, 0.1) is 12.8 Å². The molecule has 0 aromatic carbocycles. The number of piperidine rings is 1. The first kappa shape index (κ1) is 16.4. The van der Waals surface area contributed by atoms with Gasteiger partial charge in [-0.25, -0.2) is 4.98 Å². The molecule has 0 unspecified atom stereocenters. The van der Waals surface area contributed by atoms with Gasteiger partial charge in [-0.2, -0.15) is 0 Å². The van der Waals surface area contributed by atoms with Crippen molar-refractivity contribution in [1.29, 1.82) is 0 Å². The van der Waals surface area contributed by atoms with Crippen molar-refractivity contribution in [2.45, 2.75) is 32.4 Å². The summed E-state index contributed by atoms with van der Waals surface area (Å²) in [5.41, 5.74) is 3.59. The number of nitrogens with zero attached hydrogens (tertiary/aromatic N) is 5. The van der Waals surface area contributed by atoms with Gasteiger partial charge in [-0.3, -0.25) is 14.8 Å². The monoisotopic (exact) mass is 362 g/mol. The van der Waals surface area contributed by atoms with Crippen LogP contribution in [0.1, 0.15) is 29.4 Å². The standard InChI is InChI=1S/C20H22N6O/c1-13-7-24-16(10-23-13)12-25-5-4-22-19(25)17-2-3-18-15-6-14(8-21-9-15)11-26(18)20(17)27/h2-5,7,10,14-15,21H,6,8-9,11-12H2,1H3/t14-,15+/m0/s1. The molecule has 1 N–H and O–H groups in total. The predicted octanol–water partition coefficient (Wildman–Crippen LogP) is 1.57. The van der Waals surface area contributed by atoms with Crippen molar-refractivity contribution < 1.29 is 0 Å². The van der Waals surface area contributed by atoms with E-state index >= 15 is 0 Å². The number of imidazole rings is 1. The number of nitrogens with one attached hydrogen (secondary N) is 1. The molecule has 2 atom stereocenters. The molecule has 0 saturated carbocycles. The lowest BCUT2D eigenvalue weighted by molar-refractivity contribution is 0.257. The molecule has 0 radical (unpaired) electrons. The van der Waals surface area contributed by atoms with Crippen LogP contribution in [-0.4, -0.2) is 37.2 Å². The number of hydrogen-bond donors (Lipinski definition) is 1. The molecule has 27 heavy (non-hydrogen) atoms. The first-order valence-electron chi connectivity index (χ1n) is 9.42. The van der Waals surface area contributed by atoms with Crippen LogP contribution in [0.25, 0.3) is 11.4 Å². The third-order valence-corrected chi connectivity index (χ3v) is 5.63. The third kappa shape index (κ3) is 2.88. The largest absolute Gasteiger partial charge is 0.325 e. The Balaban J connectivity index is 1.53. The topological polar surface area (TPSA) is 77.6 Å². The Morgan fingerprint density at radius 3 is 2.96 bits per heavy atom. The normalized spacial score (nSPS) is 21.1. The van der Waals surface area contributed by atoms with Crippen LogP contribution in [0.2, 0.25) is 0 Å². The number of rotatable bonds is 3. The highest BCUT2D eigenvalue weighted by Gasteiger charge is 2.31. The summed E-state index contributed by atoms with van der Waals surface area (Å²) >= 11 is 0.